The van der Waals surface area contributed by atoms with Gasteiger partial charge in [0, 0.05) is 22.5 Å². The summed E-state index contributed by atoms with van der Waals surface area (Å²) in [4.78, 5) is 13.1. The second-order valence-corrected chi connectivity index (χ2v) is 21.1. The van der Waals surface area contributed by atoms with Gasteiger partial charge in [-0.1, -0.05) is 86.0 Å². The molecule has 1 radical (unpaired) electrons. The van der Waals surface area contributed by atoms with Crippen molar-refractivity contribution in [2.75, 3.05) is 37.0 Å². The first-order valence-corrected chi connectivity index (χ1v) is 25.1. The first-order chi connectivity index (χ1) is 24.0. The molecule has 0 amide bonds. The third kappa shape index (κ3) is 17.3. The Morgan fingerprint density at radius 1 is 0.580 bits per heavy atom. The largest absolute Gasteiger partial charge is 0.296 e. The van der Waals surface area contributed by atoms with Gasteiger partial charge >= 0.3 is 0 Å². The molecule has 4 rings (SSSR count). The van der Waals surface area contributed by atoms with Crippen LogP contribution in [0.5, 0.6) is 0 Å². The molecule has 0 saturated carbocycles. The van der Waals surface area contributed by atoms with Crippen LogP contribution in [0, 0.1) is 24.7 Å². The van der Waals surface area contributed by atoms with E-state index in [2.05, 4.69) is 69.4 Å². The predicted molar refractivity (Wildman–Crippen MR) is 230 cm³/mol. The van der Waals surface area contributed by atoms with Gasteiger partial charge in [-0.3, -0.25) is 0 Å². The van der Waals surface area contributed by atoms with Gasteiger partial charge < -0.3 is 0 Å². The quantitative estimate of drug-likeness (QED) is 0.0624. The van der Waals surface area contributed by atoms with Crippen molar-refractivity contribution in [1.29, 1.82) is 0 Å². The van der Waals surface area contributed by atoms with E-state index in [1.807, 2.05) is 30.6 Å². The van der Waals surface area contributed by atoms with E-state index in [9.17, 15) is 0 Å². The van der Waals surface area contributed by atoms with E-state index in [4.69, 9.17) is 12.8 Å². The van der Waals surface area contributed by atoms with Crippen molar-refractivity contribution in [3.8, 4) is 37.8 Å². The number of H-pyrrole nitrogens is 2. The summed E-state index contributed by atoms with van der Waals surface area (Å²) in [6, 6.07) is 8.01. The molecule has 0 atom stereocenters. The van der Waals surface area contributed by atoms with Crippen LogP contribution in [-0.2, 0) is 21.1 Å². The average Bonchev–Trinajstić information content (AvgIpc) is 3.90. The summed E-state index contributed by atoms with van der Waals surface area (Å²) in [5.41, 5.74) is 2.15. The van der Waals surface area contributed by atoms with E-state index in [0.29, 0.717) is 15.8 Å². The summed E-state index contributed by atoms with van der Waals surface area (Å²) in [6.45, 7) is 13.9. The normalized spacial score (nSPS) is 10.6. The zero-order chi connectivity index (χ0) is 35.7. The second kappa shape index (κ2) is 29.5. The summed E-state index contributed by atoms with van der Waals surface area (Å²) < 4.78 is 0. The van der Waals surface area contributed by atoms with Gasteiger partial charge in [-0.2, -0.15) is 9.97 Å². The molecule has 4 aromatic heterocycles. The molecule has 8 heteroatoms. The average molecular weight is 951 g/mol. The summed E-state index contributed by atoms with van der Waals surface area (Å²) in [5.74, 6) is 5.14. The van der Waals surface area contributed by atoms with Crippen molar-refractivity contribution in [2.24, 2.45) is 0 Å². The molecule has 0 saturated heterocycles. The van der Waals surface area contributed by atoms with Crippen molar-refractivity contribution >= 4 is 60.9 Å². The topological polar surface area (TPSA) is 28.3 Å². The molecule has 0 spiro atoms. The van der Waals surface area contributed by atoms with E-state index in [1.165, 1.54) is 81.9 Å². The number of terminal acetylenes is 1. The molecule has 50 heavy (non-hydrogen) atoms. The molecule has 0 fully saturated rings. The zero-order valence-electron chi connectivity index (χ0n) is 31.7. The molecule has 0 unspecified atom stereocenters. The van der Waals surface area contributed by atoms with E-state index in [1.54, 1.807) is 71.0 Å². The van der Waals surface area contributed by atoms with E-state index >= 15 is 0 Å². The van der Waals surface area contributed by atoms with Crippen LogP contribution in [0.1, 0.15) is 130 Å². The number of hydrogen-bond acceptors (Lipinski definition) is 3. The maximum Gasteiger partial charge on any atom is 0.296 e. The van der Waals surface area contributed by atoms with Crippen molar-refractivity contribution < 1.29 is 32.5 Å². The molecule has 0 bridgehead atoms. The van der Waals surface area contributed by atoms with Crippen molar-refractivity contribution in [2.45, 2.75) is 119 Å². The molecule has 0 aliphatic rings. The fourth-order valence-corrected chi connectivity index (χ4v) is 14.3. The number of nitrogens with one attached hydrogen (secondary N) is 2. The van der Waals surface area contributed by atoms with Crippen molar-refractivity contribution in [3.05, 3.63) is 52.8 Å². The summed E-state index contributed by atoms with van der Waals surface area (Å²) in [7, 11) is 0.843. The monoisotopic (exact) mass is 950 g/mol. The van der Waals surface area contributed by atoms with Crippen molar-refractivity contribution in [1.82, 2.24) is 0 Å². The fraction of sp³-hybridized carbons (Fsp3) is 0.571. The van der Waals surface area contributed by atoms with Crippen LogP contribution < -0.4 is 9.97 Å². The summed E-state index contributed by atoms with van der Waals surface area (Å²) in [5, 5.41) is 0. The van der Waals surface area contributed by atoms with Gasteiger partial charge in [-0.25, -0.2) is 0 Å². The van der Waals surface area contributed by atoms with Gasteiger partial charge in [0.05, 0.1) is 19.5 Å². The number of aromatic amines is 2. The Balaban J connectivity index is 0.000000780. The number of rotatable bonds is 20. The molecule has 4 aromatic rings. The van der Waals surface area contributed by atoms with E-state index in [0.717, 1.165) is 35.4 Å². The molecule has 2 N–H and O–H groups in total. The minimum absolute atomic E-state index is 0. The van der Waals surface area contributed by atoms with E-state index in [-0.39, 0.29) is 22.5 Å². The maximum atomic E-state index is 7.28. The van der Waals surface area contributed by atoms with Crippen LogP contribution in [0.2, 0.25) is 0 Å². The number of fused-ring (bicyclic) bond motifs is 1. The molecule has 0 aromatic carbocycles. The van der Waals surface area contributed by atoms with Gasteiger partial charge in [0.1, 0.15) is 9.75 Å². The number of hydrogen-bond donors (Lipinski definition) is 0. The molecular weight excluding hydrogens is 886 g/mol. The minimum Gasteiger partial charge on any atom is -0.199 e. The maximum absolute atomic E-state index is 7.28. The smallest absolute Gasteiger partial charge is 0.199 e. The predicted octanol–water partition coefficient (Wildman–Crippen LogP) is 13.9. The van der Waals surface area contributed by atoms with Crippen LogP contribution in [0.25, 0.3) is 30.5 Å². The Morgan fingerprint density at radius 3 is 1.20 bits per heavy atom. The Morgan fingerprint density at radius 2 is 0.920 bits per heavy atom. The number of unbranched alkanes of at least 4 members (excludes halogenated alkanes) is 6. The van der Waals surface area contributed by atoms with Gasteiger partial charge in [0.25, 0.3) is 11.0 Å². The van der Waals surface area contributed by atoms with Crippen LogP contribution in [0.4, 0.5) is 0 Å². The van der Waals surface area contributed by atoms with Gasteiger partial charge in [-0.15, -0.1) is 56.3 Å². The third-order valence-electron chi connectivity index (χ3n) is 8.34. The fourth-order valence-electron chi connectivity index (χ4n) is 5.33. The van der Waals surface area contributed by atoms with Crippen LogP contribution in [0.3, 0.4) is 0 Å². The standard InChI is InChI=1S/C18H7N2S3.2C12H27P.Pt.H2/c1-3-11-5-7-13(21-11)17-15-16(20-10-9-19-15)18(23-17)14-8-6-12(4-2)22-14;2*1-4-7-10-13(11-8-5-2)12-9-6-3;;/h1,5-10H;2*4-12H2,1-3H3;;1H/p+2. The molecule has 4 heterocycles. The molecule has 2 nitrogen and oxygen atoms in total. The first-order valence-electron chi connectivity index (χ1n) is 18.9. The Bertz CT molecular complexity index is 1370. The Hall–Kier alpha value is -0.892. The van der Waals surface area contributed by atoms with Crippen LogP contribution in [-0.4, -0.2) is 37.0 Å². The Labute approximate surface area is 337 Å². The summed E-state index contributed by atoms with van der Waals surface area (Å²) >= 11 is 4.92. The first kappa shape index (κ1) is 47.1. The van der Waals surface area contributed by atoms with Crippen LogP contribution >= 0.6 is 49.9 Å². The van der Waals surface area contributed by atoms with E-state index < -0.39 is 0 Å². The minimum atomic E-state index is 0. The number of thiophene rings is 3. The molecule has 0 aliphatic carbocycles. The van der Waals surface area contributed by atoms with Gasteiger partial charge in [0.2, 0.25) is 12.4 Å². The van der Waals surface area contributed by atoms with Gasteiger partial charge in [0.15, 0.2) is 0 Å². The zero-order valence-corrected chi connectivity index (χ0v) is 38.2. The van der Waals surface area contributed by atoms with Crippen LogP contribution in [0.15, 0.2) is 36.7 Å². The van der Waals surface area contributed by atoms with Crippen molar-refractivity contribution in [3.63, 3.8) is 0 Å². The third-order valence-corrected chi connectivity index (χ3v) is 17.6. The Kier molecular flexibility index (Phi) is 27.9. The molecule has 0 aliphatic heterocycles. The summed E-state index contributed by atoms with van der Waals surface area (Å²) in [6.07, 6.45) is 43.0. The molecular formula is C42H65N2P2PtS3+2. The second-order valence-electron chi connectivity index (χ2n) is 12.5. The van der Waals surface area contributed by atoms with Gasteiger partial charge in [-0.05, 0) is 112 Å². The SMILES string of the molecule is CCCCP(CCCC)CCCC.CCCCP(CCCC)CCCC.[C]#Cc1ccc(-c2sc(-c3ccc(C#C)s3)c3[nH+]cc[nH+]c23)s1.[HH].[Pt]. The number of aromatic nitrogens is 2. The molecule has 279 valence electrons.